The second-order valence-electron chi connectivity index (χ2n) is 4.96. The van der Waals surface area contributed by atoms with Crippen molar-refractivity contribution in [2.75, 3.05) is 0 Å². The Labute approximate surface area is 120 Å². The SMILES string of the molecule is CC(C)(C)OC(=O)NC(C=O)c1cc(Br)ccc1O. The van der Waals surface area contributed by atoms with Gasteiger partial charge in [-0.1, -0.05) is 15.9 Å². The van der Waals surface area contributed by atoms with E-state index in [0.29, 0.717) is 16.3 Å². The first kappa shape index (κ1) is 15.5. The van der Waals surface area contributed by atoms with Crippen LogP contribution in [0.15, 0.2) is 22.7 Å². The Kier molecular flexibility index (Phi) is 4.94. The molecule has 104 valence electrons. The van der Waals surface area contributed by atoms with Crippen molar-refractivity contribution in [2.45, 2.75) is 32.4 Å². The maximum absolute atomic E-state index is 11.6. The van der Waals surface area contributed by atoms with Gasteiger partial charge in [0, 0.05) is 10.0 Å². The Balaban J connectivity index is 2.87. The molecule has 1 rings (SSSR count). The van der Waals surface area contributed by atoms with E-state index in [0.717, 1.165) is 0 Å². The number of amides is 1. The fourth-order valence-corrected chi connectivity index (χ4v) is 1.77. The third kappa shape index (κ3) is 4.90. The summed E-state index contributed by atoms with van der Waals surface area (Å²) in [4.78, 5) is 22.7. The number of alkyl carbamates (subject to hydrolysis) is 1. The third-order valence-corrected chi connectivity index (χ3v) is 2.63. The number of phenols is 1. The van der Waals surface area contributed by atoms with Gasteiger partial charge in [0.05, 0.1) is 0 Å². The van der Waals surface area contributed by atoms with Gasteiger partial charge < -0.3 is 20.0 Å². The number of hydrogen-bond donors (Lipinski definition) is 2. The van der Waals surface area contributed by atoms with Gasteiger partial charge in [-0.25, -0.2) is 4.79 Å². The fraction of sp³-hybridized carbons (Fsp3) is 0.385. The molecule has 0 aliphatic carbocycles. The molecule has 6 heteroatoms. The molecule has 1 atom stereocenters. The monoisotopic (exact) mass is 329 g/mol. The Hall–Kier alpha value is -1.56. The maximum Gasteiger partial charge on any atom is 0.408 e. The van der Waals surface area contributed by atoms with Crippen molar-refractivity contribution in [3.63, 3.8) is 0 Å². The van der Waals surface area contributed by atoms with Crippen LogP contribution in [0.3, 0.4) is 0 Å². The molecule has 0 radical (unpaired) electrons. The average molecular weight is 330 g/mol. The number of aldehydes is 1. The number of rotatable bonds is 3. The Morgan fingerprint density at radius 2 is 2.11 bits per heavy atom. The quantitative estimate of drug-likeness (QED) is 0.836. The van der Waals surface area contributed by atoms with Gasteiger partial charge in [0.2, 0.25) is 0 Å². The number of ether oxygens (including phenoxy) is 1. The minimum absolute atomic E-state index is 0.0728. The van der Waals surface area contributed by atoms with E-state index in [4.69, 9.17) is 4.74 Å². The van der Waals surface area contributed by atoms with Gasteiger partial charge in [0.25, 0.3) is 0 Å². The van der Waals surface area contributed by atoms with E-state index in [9.17, 15) is 14.7 Å². The first-order valence-electron chi connectivity index (χ1n) is 5.66. The standard InChI is InChI=1S/C13H16BrNO4/c1-13(2,3)19-12(18)15-10(7-16)9-6-8(14)4-5-11(9)17/h4-7,10,17H,1-3H3,(H,15,18). The van der Waals surface area contributed by atoms with E-state index < -0.39 is 17.7 Å². The Morgan fingerprint density at radius 3 is 2.63 bits per heavy atom. The third-order valence-electron chi connectivity index (χ3n) is 2.13. The zero-order valence-electron chi connectivity index (χ0n) is 10.9. The van der Waals surface area contributed by atoms with E-state index in [1.54, 1.807) is 32.9 Å². The summed E-state index contributed by atoms with van der Waals surface area (Å²) >= 11 is 3.24. The van der Waals surface area contributed by atoms with Gasteiger partial charge in [-0.2, -0.15) is 0 Å². The second-order valence-corrected chi connectivity index (χ2v) is 5.88. The summed E-state index contributed by atoms with van der Waals surface area (Å²) in [6.45, 7) is 5.16. The van der Waals surface area contributed by atoms with Gasteiger partial charge in [0.1, 0.15) is 23.7 Å². The molecule has 19 heavy (non-hydrogen) atoms. The lowest BCUT2D eigenvalue weighted by Crippen LogP contribution is -2.35. The van der Waals surface area contributed by atoms with Crippen molar-refractivity contribution >= 4 is 28.3 Å². The molecule has 1 amide bonds. The molecule has 2 N–H and O–H groups in total. The molecular formula is C13H16BrNO4. The van der Waals surface area contributed by atoms with Crippen molar-refractivity contribution < 1.29 is 19.4 Å². The Morgan fingerprint density at radius 1 is 1.47 bits per heavy atom. The number of halogens is 1. The lowest BCUT2D eigenvalue weighted by atomic mass is 10.1. The van der Waals surface area contributed by atoms with Crippen LogP contribution in [0, 0.1) is 0 Å². The lowest BCUT2D eigenvalue weighted by molar-refractivity contribution is -0.109. The van der Waals surface area contributed by atoms with Crippen LogP contribution in [0.25, 0.3) is 0 Å². The molecule has 0 spiro atoms. The molecule has 0 bridgehead atoms. The maximum atomic E-state index is 11.6. The normalized spacial score (nSPS) is 12.6. The van der Waals surface area contributed by atoms with Crippen LogP contribution in [-0.2, 0) is 9.53 Å². The number of phenolic OH excluding ortho intramolecular Hbond substituents is 1. The number of nitrogens with one attached hydrogen (secondary N) is 1. The Bertz CT molecular complexity index is 482. The van der Waals surface area contributed by atoms with Crippen LogP contribution in [0.4, 0.5) is 4.79 Å². The number of hydrogen-bond acceptors (Lipinski definition) is 4. The fourth-order valence-electron chi connectivity index (χ4n) is 1.39. The van der Waals surface area contributed by atoms with Crippen LogP contribution in [-0.4, -0.2) is 23.1 Å². The smallest absolute Gasteiger partial charge is 0.408 e. The van der Waals surface area contributed by atoms with Gasteiger partial charge in [-0.15, -0.1) is 0 Å². The molecule has 0 saturated carbocycles. The molecule has 0 aromatic heterocycles. The molecule has 0 aliphatic rings. The van der Waals surface area contributed by atoms with Crippen LogP contribution in [0.2, 0.25) is 0 Å². The minimum atomic E-state index is -0.965. The largest absolute Gasteiger partial charge is 0.508 e. The first-order chi connectivity index (χ1) is 8.73. The van der Waals surface area contributed by atoms with Gasteiger partial charge in [-0.3, -0.25) is 0 Å². The highest BCUT2D eigenvalue weighted by molar-refractivity contribution is 9.10. The summed E-state index contributed by atoms with van der Waals surface area (Å²) in [5.41, 5.74) is -0.355. The predicted octanol–water partition coefficient (Wildman–Crippen LogP) is 2.92. The summed E-state index contributed by atoms with van der Waals surface area (Å²) in [6.07, 6.45) is -0.185. The van der Waals surface area contributed by atoms with Gasteiger partial charge in [0.15, 0.2) is 0 Å². The van der Waals surface area contributed by atoms with Crippen molar-refractivity contribution in [3.05, 3.63) is 28.2 Å². The summed E-state index contributed by atoms with van der Waals surface area (Å²) in [5.74, 6) is -0.0728. The molecule has 5 nitrogen and oxygen atoms in total. The molecular weight excluding hydrogens is 314 g/mol. The second kappa shape index (κ2) is 6.06. The van der Waals surface area contributed by atoms with Crippen molar-refractivity contribution in [1.82, 2.24) is 5.32 Å². The lowest BCUT2D eigenvalue weighted by Gasteiger charge is -2.22. The zero-order valence-corrected chi connectivity index (χ0v) is 12.5. The van der Waals surface area contributed by atoms with Crippen molar-refractivity contribution in [1.29, 1.82) is 0 Å². The number of aromatic hydroxyl groups is 1. The molecule has 0 heterocycles. The average Bonchev–Trinajstić information content (AvgIpc) is 2.27. The van der Waals surface area contributed by atoms with E-state index in [1.165, 1.54) is 6.07 Å². The molecule has 0 saturated heterocycles. The molecule has 0 fully saturated rings. The van der Waals surface area contributed by atoms with E-state index in [-0.39, 0.29) is 5.75 Å². The predicted molar refractivity (Wildman–Crippen MR) is 74.0 cm³/mol. The summed E-state index contributed by atoms with van der Waals surface area (Å²) in [6, 6.07) is 3.67. The van der Waals surface area contributed by atoms with E-state index in [1.807, 2.05) is 0 Å². The molecule has 0 aliphatic heterocycles. The van der Waals surface area contributed by atoms with E-state index >= 15 is 0 Å². The summed E-state index contributed by atoms with van der Waals surface area (Å²) in [7, 11) is 0. The van der Waals surface area contributed by atoms with Gasteiger partial charge >= 0.3 is 6.09 Å². The topological polar surface area (TPSA) is 75.6 Å². The minimum Gasteiger partial charge on any atom is -0.508 e. The van der Waals surface area contributed by atoms with E-state index in [2.05, 4.69) is 21.2 Å². The highest BCUT2D eigenvalue weighted by atomic mass is 79.9. The highest BCUT2D eigenvalue weighted by Gasteiger charge is 2.22. The highest BCUT2D eigenvalue weighted by Crippen LogP contribution is 2.27. The number of benzene rings is 1. The summed E-state index contributed by atoms with van der Waals surface area (Å²) in [5, 5.41) is 12.1. The van der Waals surface area contributed by atoms with Crippen molar-refractivity contribution in [2.24, 2.45) is 0 Å². The molecule has 1 aromatic rings. The van der Waals surface area contributed by atoms with Crippen LogP contribution in [0.1, 0.15) is 32.4 Å². The van der Waals surface area contributed by atoms with Gasteiger partial charge in [-0.05, 0) is 39.0 Å². The zero-order chi connectivity index (χ0) is 14.6. The van der Waals surface area contributed by atoms with Crippen molar-refractivity contribution in [3.8, 4) is 5.75 Å². The summed E-state index contributed by atoms with van der Waals surface area (Å²) < 4.78 is 5.75. The van der Waals surface area contributed by atoms with Crippen LogP contribution in [0.5, 0.6) is 5.75 Å². The molecule has 1 unspecified atom stereocenters. The van der Waals surface area contributed by atoms with Crippen LogP contribution >= 0.6 is 15.9 Å². The number of carbonyl (C=O) groups is 2. The first-order valence-corrected chi connectivity index (χ1v) is 6.45. The van der Waals surface area contributed by atoms with Crippen LogP contribution < -0.4 is 5.32 Å². The molecule has 1 aromatic carbocycles. The number of carbonyl (C=O) groups excluding carboxylic acids is 2.